The van der Waals surface area contributed by atoms with Gasteiger partial charge in [0.2, 0.25) is 5.78 Å². The van der Waals surface area contributed by atoms with Crippen molar-refractivity contribution in [2.24, 2.45) is 0 Å². The molecule has 2 amide bonds. The van der Waals surface area contributed by atoms with E-state index in [1.54, 1.807) is 19.1 Å². The SMILES string of the molecule is Cc1ccc(C)c(C(=O)COC(=O)CN2C(=O)c3c(Cl)c(Cl)c(Cl)c(Cl)c3C2=O)c1. The first-order valence-electron chi connectivity index (χ1n) is 8.52. The van der Waals surface area contributed by atoms with E-state index in [2.05, 4.69) is 0 Å². The van der Waals surface area contributed by atoms with Crippen LogP contribution >= 0.6 is 46.4 Å². The van der Waals surface area contributed by atoms with Gasteiger partial charge in [-0.1, -0.05) is 64.1 Å². The number of nitrogens with zero attached hydrogens (tertiary/aromatic N) is 1. The molecule has 0 N–H and O–H groups in total. The van der Waals surface area contributed by atoms with Gasteiger partial charge in [0.25, 0.3) is 11.8 Å². The Balaban J connectivity index is 1.73. The molecule has 0 aliphatic carbocycles. The minimum atomic E-state index is -0.951. The lowest BCUT2D eigenvalue weighted by Gasteiger charge is -2.13. The average molecular weight is 489 g/mol. The normalized spacial score (nSPS) is 12.9. The second kappa shape index (κ2) is 8.55. The zero-order valence-electron chi connectivity index (χ0n) is 15.6. The van der Waals surface area contributed by atoms with Crippen LogP contribution in [-0.4, -0.2) is 41.6 Å². The van der Waals surface area contributed by atoms with Crippen LogP contribution in [0.4, 0.5) is 0 Å². The smallest absolute Gasteiger partial charge is 0.326 e. The Labute approximate surface area is 191 Å². The fraction of sp³-hybridized carbons (Fsp3) is 0.200. The molecule has 30 heavy (non-hydrogen) atoms. The van der Waals surface area contributed by atoms with Gasteiger partial charge in [-0.2, -0.15) is 0 Å². The van der Waals surface area contributed by atoms with E-state index in [1.165, 1.54) is 0 Å². The third kappa shape index (κ3) is 3.93. The number of carbonyl (C=O) groups is 4. The number of fused-ring (bicyclic) bond motifs is 1. The maximum atomic E-state index is 12.6. The van der Waals surface area contributed by atoms with E-state index in [-0.39, 0.29) is 31.2 Å². The highest BCUT2D eigenvalue weighted by molar-refractivity contribution is 6.55. The first-order valence-corrected chi connectivity index (χ1v) is 10.0. The molecule has 1 heterocycles. The standard InChI is InChI=1S/C20H13Cl4NO5/c1-8-3-4-9(2)10(5-8)11(26)7-30-12(27)6-25-19(28)13-14(20(25)29)16(22)18(24)17(23)15(13)21/h3-5H,6-7H2,1-2H3. The molecular weight excluding hydrogens is 476 g/mol. The van der Waals surface area contributed by atoms with E-state index in [9.17, 15) is 19.2 Å². The molecule has 2 aromatic carbocycles. The fourth-order valence-corrected chi connectivity index (χ4v) is 3.99. The molecule has 0 saturated heterocycles. The average Bonchev–Trinajstić information content (AvgIpc) is 2.95. The van der Waals surface area contributed by atoms with Gasteiger partial charge in [-0.15, -0.1) is 0 Å². The van der Waals surface area contributed by atoms with Gasteiger partial charge in [0, 0.05) is 5.56 Å². The second-order valence-electron chi connectivity index (χ2n) is 6.60. The van der Waals surface area contributed by atoms with Crippen LogP contribution < -0.4 is 0 Å². The highest BCUT2D eigenvalue weighted by Crippen LogP contribution is 2.44. The van der Waals surface area contributed by atoms with E-state index in [0.717, 1.165) is 11.1 Å². The minimum absolute atomic E-state index is 0.174. The maximum Gasteiger partial charge on any atom is 0.326 e. The van der Waals surface area contributed by atoms with Crippen molar-refractivity contribution in [1.82, 2.24) is 4.90 Å². The number of hydrogen-bond donors (Lipinski definition) is 0. The van der Waals surface area contributed by atoms with Gasteiger partial charge in [-0.3, -0.25) is 24.1 Å². The number of carbonyl (C=O) groups excluding carboxylic acids is 4. The molecule has 0 bridgehead atoms. The fourth-order valence-electron chi connectivity index (χ4n) is 2.97. The van der Waals surface area contributed by atoms with Crippen LogP contribution in [0.2, 0.25) is 20.1 Å². The molecule has 0 saturated carbocycles. The van der Waals surface area contributed by atoms with E-state index in [1.807, 2.05) is 13.0 Å². The Kier molecular flexibility index (Phi) is 6.43. The van der Waals surface area contributed by atoms with E-state index < -0.39 is 36.7 Å². The molecule has 3 rings (SSSR count). The lowest BCUT2D eigenvalue weighted by molar-refractivity contribution is -0.142. The number of halogens is 4. The largest absolute Gasteiger partial charge is 0.456 e. The Hall–Kier alpha value is -2.12. The third-order valence-corrected chi connectivity index (χ3v) is 6.33. The van der Waals surface area contributed by atoms with Crippen LogP contribution in [0.25, 0.3) is 0 Å². The van der Waals surface area contributed by atoms with E-state index >= 15 is 0 Å². The summed E-state index contributed by atoms with van der Waals surface area (Å²) in [5.74, 6) is -3.08. The second-order valence-corrected chi connectivity index (χ2v) is 8.12. The van der Waals surface area contributed by atoms with Crippen LogP contribution in [0.5, 0.6) is 0 Å². The maximum absolute atomic E-state index is 12.6. The van der Waals surface area contributed by atoms with Crippen molar-refractivity contribution >= 4 is 70.0 Å². The summed E-state index contributed by atoms with van der Waals surface area (Å²) in [6, 6.07) is 5.33. The van der Waals surface area contributed by atoms with Crippen molar-refractivity contribution in [3.8, 4) is 0 Å². The summed E-state index contributed by atoms with van der Waals surface area (Å²) >= 11 is 24.0. The zero-order valence-corrected chi connectivity index (χ0v) is 18.7. The van der Waals surface area contributed by atoms with Crippen LogP contribution in [0.3, 0.4) is 0 Å². The highest BCUT2D eigenvalue weighted by Gasteiger charge is 2.42. The molecule has 0 spiro atoms. The van der Waals surface area contributed by atoms with Crippen LogP contribution in [-0.2, 0) is 9.53 Å². The van der Waals surface area contributed by atoms with Gasteiger partial charge in [0.05, 0.1) is 31.2 Å². The Morgan fingerprint density at radius 2 is 1.43 bits per heavy atom. The summed E-state index contributed by atoms with van der Waals surface area (Å²) in [6.07, 6.45) is 0. The summed E-state index contributed by atoms with van der Waals surface area (Å²) < 4.78 is 4.97. The number of esters is 1. The molecule has 2 aromatic rings. The van der Waals surface area contributed by atoms with Crippen molar-refractivity contribution < 1.29 is 23.9 Å². The van der Waals surface area contributed by atoms with Crippen LogP contribution in [0.1, 0.15) is 42.2 Å². The number of aryl methyl sites for hydroxylation is 2. The monoisotopic (exact) mass is 487 g/mol. The van der Waals surface area contributed by atoms with Crippen LogP contribution in [0.15, 0.2) is 18.2 Å². The molecule has 0 aromatic heterocycles. The Morgan fingerprint density at radius 3 is 1.97 bits per heavy atom. The summed E-state index contributed by atoms with van der Waals surface area (Å²) in [7, 11) is 0. The Morgan fingerprint density at radius 1 is 0.900 bits per heavy atom. The number of amides is 2. The van der Waals surface area contributed by atoms with Crippen molar-refractivity contribution in [3.05, 3.63) is 66.1 Å². The molecule has 0 fully saturated rings. The number of rotatable bonds is 5. The lowest BCUT2D eigenvalue weighted by atomic mass is 10.0. The van der Waals surface area contributed by atoms with E-state index in [4.69, 9.17) is 51.1 Å². The molecule has 0 radical (unpaired) electrons. The molecule has 10 heteroatoms. The summed E-state index contributed by atoms with van der Waals surface area (Å²) in [5, 5.41) is -0.820. The predicted octanol–water partition coefficient (Wildman–Crippen LogP) is 4.94. The first kappa shape index (κ1) is 22.6. The predicted molar refractivity (Wildman–Crippen MR) is 113 cm³/mol. The zero-order chi connectivity index (χ0) is 22.3. The van der Waals surface area contributed by atoms with Gasteiger partial charge >= 0.3 is 5.97 Å². The van der Waals surface area contributed by atoms with Gasteiger partial charge in [-0.05, 0) is 25.5 Å². The first-order chi connectivity index (χ1) is 14.0. The van der Waals surface area contributed by atoms with Crippen molar-refractivity contribution in [2.75, 3.05) is 13.2 Å². The topological polar surface area (TPSA) is 80.8 Å². The summed E-state index contributed by atoms with van der Waals surface area (Å²) in [5.41, 5.74) is 1.57. The molecule has 6 nitrogen and oxygen atoms in total. The van der Waals surface area contributed by atoms with E-state index in [0.29, 0.717) is 10.5 Å². The van der Waals surface area contributed by atoms with Gasteiger partial charge in [0.15, 0.2) is 6.61 Å². The molecular formula is C20H13Cl4NO5. The summed E-state index contributed by atoms with van der Waals surface area (Å²) in [6.45, 7) is 2.33. The number of imide groups is 1. The number of Topliss-reactive ketones (excluding diaryl/α,β-unsaturated/α-hetero) is 1. The molecule has 1 aliphatic heterocycles. The lowest BCUT2D eigenvalue weighted by Crippen LogP contribution is -2.36. The number of benzene rings is 2. The van der Waals surface area contributed by atoms with Crippen LogP contribution in [0, 0.1) is 13.8 Å². The van der Waals surface area contributed by atoms with Crippen molar-refractivity contribution in [3.63, 3.8) is 0 Å². The van der Waals surface area contributed by atoms with Gasteiger partial charge in [0.1, 0.15) is 6.54 Å². The Bertz CT molecular complexity index is 1080. The van der Waals surface area contributed by atoms with Crippen molar-refractivity contribution in [2.45, 2.75) is 13.8 Å². The minimum Gasteiger partial charge on any atom is -0.456 e. The summed E-state index contributed by atoms with van der Waals surface area (Å²) in [4.78, 5) is 50.4. The number of ketones is 1. The molecule has 1 aliphatic rings. The number of hydrogen-bond acceptors (Lipinski definition) is 5. The highest BCUT2D eigenvalue weighted by atomic mass is 35.5. The molecule has 156 valence electrons. The molecule has 0 atom stereocenters. The van der Waals surface area contributed by atoms with Crippen molar-refractivity contribution in [1.29, 1.82) is 0 Å². The molecule has 0 unspecified atom stereocenters. The van der Waals surface area contributed by atoms with Gasteiger partial charge in [-0.25, -0.2) is 0 Å². The quantitative estimate of drug-likeness (QED) is 0.196. The van der Waals surface area contributed by atoms with Gasteiger partial charge < -0.3 is 4.74 Å². The number of ether oxygens (including phenoxy) is 1. The third-order valence-electron chi connectivity index (χ3n) is 4.53.